The van der Waals surface area contributed by atoms with Gasteiger partial charge in [-0.15, -0.1) is 0 Å². The van der Waals surface area contributed by atoms with Gasteiger partial charge in [0.2, 0.25) is 0 Å². The van der Waals surface area contributed by atoms with Crippen molar-refractivity contribution >= 4 is 11.6 Å². The maximum atomic E-state index is 12.3. The van der Waals surface area contributed by atoms with Crippen molar-refractivity contribution in [3.8, 4) is 0 Å². The molecular formula is C15H21N3O4. The third kappa shape index (κ3) is 3.61. The van der Waals surface area contributed by atoms with Crippen LogP contribution in [-0.4, -0.2) is 43.2 Å². The molecule has 0 spiro atoms. The highest BCUT2D eigenvalue weighted by molar-refractivity contribution is 5.98. The smallest absolute Gasteiger partial charge is 0.282 e. The number of nitro groups is 1. The molecule has 2 N–H and O–H groups in total. The Kier molecular flexibility index (Phi) is 5.10. The molecule has 22 heavy (non-hydrogen) atoms. The van der Waals surface area contributed by atoms with Crippen LogP contribution in [0.1, 0.15) is 28.8 Å². The summed E-state index contributed by atoms with van der Waals surface area (Å²) in [6.07, 6.45) is 1.92. The van der Waals surface area contributed by atoms with Crippen molar-refractivity contribution in [2.45, 2.75) is 25.3 Å². The van der Waals surface area contributed by atoms with Crippen molar-refractivity contribution in [2.24, 2.45) is 0 Å². The summed E-state index contributed by atoms with van der Waals surface area (Å²) in [4.78, 5) is 22.9. The van der Waals surface area contributed by atoms with Gasteiger partial charge in [-0.1, -0.05) is 6.07 Å². The Bertz CT molecular complexity index is 568. The number of ether oxygens (including phenoxy) is 1. The summed E-state index contributed by atoms with van der Waals surface area (Å²) >= 11 is 0. The highest BCUT2D eigenvalue weighted by Gasteiger charge is 2.34. The highest BCUT2D eigenvalue weighted by Crippen LogP contribution is 2.21. The quantitative estimate of drug-likeness (QED) is 0.612. The Morgan fingerprint density at radius 3 is 2.91 bits per heavy atom. The first-order valence-corrected chi connectivity index (χ1v) is 7.25. The second kappa shape index (κ2) is 6.85. The van der Waals surface area contributed by atoms with E-state index in [0.29, 0.717) is 13.2 Å². The Morgan fingerprint density at radius 2 is 2.32 bits per heavy atom. The number of nitrogens with zero attached hydrogens (tertiary/aromatic N) is 1. The van der Waals surface area contributed by atoms with Gasteiger partial charge in [-0.05, 0) is 37.9 Å². The van der Waals surface area contributed by atoms with Crippen molar-refractivity contribution in [1.82, 2.24) is 10.6 Å². The second-order valence-electron chi connectivity index (χ2n) is 5.70. The van der Waals surface area contributed by atoms with Crippen molar-refractivity contribution in [2.75, 3.05) is 26.8 Å². The first-order chi connectivity index (χ1) is 10.5. The standard InChI is InChI=1S/C15H21N3O4/c1-11-4-5-13(18(20)21)12(8-11)14(19)16-9-15(10-22-2)6-3-7-17-15/h4-5,8,17H,3,6-7,9-10H2,1-2H3,(H,16,19). The minimum Gasteiger partial charge on any atom is -0.383 e. The van der Waals surface area contributed by atoms with E-state index in [2.05, 4.69) is 10.6 Å². The molecule has 120 valence electrons. The van der Waals surface area contributed by atoms with Crippen LogP contribution < -0.4 is 10.6 Å². The molecule has 0 bridgehead atoms. The number of hydrogen-bond donors (Lipinski definition) is 2. The highest BCUT2D eigenvalue weighted by atomic mass is 16.6. The molecule has 1 aliphatic heterocycles. The average Bonchev–Trinajstić information content (AvgIpc) is 2.94. The van der Waals surface area contributed by atoms with Gasteiger partial charge in [0.15, 0.2) is 0 Å². The van der Waals surface area contributed by atoms with Gasteiger partial charge in [0.25, 0.3) is 11.6 Å². The zero-order valence-corrected chi connectivity index (χ0v) is 12.8. The van der Waals surface area contributed by atoms with Crippen LogP contribution in [0.2, 0.25) is 0 Å². The lowest BCUT2D eigenvalue weighted by Crippen LogP contribution is -2.53. The molecule has 7 heteroatoms. The molecule has 1 saturated heterocycles. The van der Waals surface area contributed by atoms with Gasteiger partial charge in [-0.2, -0.15) is 0 Å². The van der Waals surface area contributed by atoms with Gasteiger partial charge >= 0.3 is 0 Å². The van der Waals surface area contributed by atoms with Crippen molar-refractivity contribution in [3.63, 3.8) is 0 Å². The lowest BCUT2D eigenvalue weighted by molar-refractivity contribution is -0.385. The molecular weight excluding hydrogens is 286 g/mol. The summed E-state index contributed by atoms with van der Waals surface area (Å²) in [5, 5.41) is 17.2. The van der Waals surface area contributed by atoms with E-state index in [9.17, 15) is 14.9 Å². The molecule has 0 saturated carbocycles. The number of nitrogens with one attached hydrogen (secondary N) is 2. The average molecular weight is 307 g/mol. The summed E-state index contributed by atoms with van der Waals surface area (Å²) in [7, 11) is 1.62. The second-order valence-corrected chi connectivity index (χ2v) is 5.70. The van der Waals surface area contributed by atoms with Crippen molar-refractivity contribution in [1.29, 1.82) is 0 Å². The van der Waals surface area contributed by atoms with Crippen LogP contribution in [-0.2, 0) is 4.74 Å². The zero-order chi connectivity index (χ0) is 16.2. The largest absolute Gasteiger partial charge is 0.383 e. The lowest BCUT2D eigenvalue weighted by Gasteiger charge is -2.28. The number of carbonyl (C=O) groups is 1. The number of nitro benzene ring substituents is 1. The minimum absolute atomic E-state index is 0.0931. The van der Waals surface area contributed by atoms with Crippen LogP contribution in [0.4, 0.5) is 5.69 Å². The molecule has 7 nitrogen and oxygen atoms in total. The van der Waals surface area contributed by atoms with E-state index in [1.807, 2.05) is 0 Å². The van der Waals surface area contributed by atoms with Gasteiger partial charge in [-0.3, -0.25) is 14.9 Å². The normalized spacial score (nSPS) is 20.8. The fraction of sp³-hybridized carbons (Fsp3) is 0.533. The summed E-state index contributed by atoms with van der Waals surface area (Å²) in [5.74, 6) is -0.431. The summed E-state index contributed by atoms with van der Waals surface area (Å²) in [5.41, 5.74) is 0.434. The molecule has 0 aliphatic carbocycles. The first kappa shape index (κ1) is 16.4. The molecule has 0 aromatic heterocycles. The number of amides is 1. The number of aryl methyl sites for hydroxylation is 1. The number of hydrogen-bond acceptors (Lipinski definition) is 5. The maximum absolute atomic E-state index is 12.3. The molecule has 1 aromatic carbocycles. The van der Waals surface area contributed by atoms with Crippen LogP contribution in [0.3, 0.4) is 0 Å². The molecule has 1 heterocycles. The Balaban J connectivity index is 2.12. The third-order valence-corrected chi connectivity index (χ3v) is 3.93. The van der Waals surface area contributed by atoms with Crippen LogP contribution in [0.25, 0.3) is 0 Å². The molecule has 1 fully saturated rings. The van der Waals surface area contributed by atoms with E-state index in [-0.39, 0.29) is 16.8 Å². The number of benzene rings is 1. The van der Waals surface area contributed by atoms with Crippen LogP contribution >= 0.6 is 0 Å². The topological polar surface area (TPSA) is 93.5 Å². The van der Waals surface area contributed by atoms with Gasteiger partial charge in [0.05, 0.1) is 17.1 Å². The lowest BCUT2D eigenvalue weighted by atomic mass is 9.98. The van der Waals surface area contributed by atoms with E-state index in [1.165, 1.54) is 6.07 Å². The molecule has 1 atom stereocenters. The monoisotopic (exact) mass is 307 g/mol. The Hall–Kier alpha value is -1.99. The summed E-state index contributed by atoms with van der Waals surface area (Å²) in [6.45, 7) is 3.54. The molecule has 1 aromatic rings. The minimum atomic E-state index is -0.535. The van der Waals surface area contributed by atoms with E-state index in [0.717, 1.165) is 24.9 Å². The zero-order valence-electron chi connectivity index (χ0n) is 12.8. The molecule has 1 aliphatic rings. The first-order valence-electron chi connectivity index (χ1n) is 7.25. The Labute approximate surface area is 129 Å². The fourth-order valence-electron chi connectivity index (χ4n) is 2.81. The maximum Gasteiger partial charge on any atom is 0.282 e. The van der Waals surface area contributed by atoms with Gasteiger partial charge in [-0.25, -0.2) is 0 Å². The predicted octanol–water partition coefficient (Wildman–Crippen LogP) is 1.40. The van der Waals surface area contributed by atoms with E-state index >= 15 is 0 Å². The number of rotatable bonds is 6. The third-order valence-electron chi connectivity index (χ3n) is 3.93. The fourth-order valence-corrected chi connectivity index (χ4v) is 2.81. The summed E-state index contributed by atoms with van der Waals surface area (Å²) < 4.78 is 5.23. The van der Waals surface area contributed by atoms with E-state index in [4.69, 9.17) is 4.74 Å². The van der Waals surface area contributed by atoms with Crippen LogP contribution in [0, 0.1) is 17.0 Å². The van der Waals surface area contributed by atoms with Gasteiger partial charge in [0, 0.05) is 19.7 Å². The molecule has 0 radical (unpaired) electrons. The predicted molar refractivity (Wildman–Crippen MR) is 82.0 cm³/mol. The SMILES string of the molecule is COCC1(CNC(=O)c2cc(C)ccc2[N+](=O)[O-])CCCN1. The van der Waals surface area contributed by atoms with Crippen LogP contribution in [0.5, 0.6) is 0 Å². The van der Waals surface area contributed by atoms with E-state index in [1.54, 1.807) is 26.2 Å². The Morgan fingerprint density at radius 1 is 1.55 bits per heavy atom. The molecule has 1 amide bonds. The van der Waals surface area contributed by atoms with Crippen molar-refractivity contribution < 1.29 is 14.5 Å². The molecule has 1 unspecified atom stereocenters. The van der Waals surface area contributed by atoms with E-state index < -0.39 is 10.8 Å². The van der Waals surface area contributed by atoms with Gasteiger partial charge in [0.1, 0.15) is 5.56 Å². The van der Waals surface area contributed by atoms with Crippen LogP contribution in [0.15, 0.2) is 18.2 Å². The van der Waals surface area contributed by atoms with Crippen molar-refractivity contribution in [3.05, 3.63) is 39.4 Å². The molecule has 2 rings (SSSR count). The summed E-state index contributed by atoms with van der Waals surface area (Å²) in [6, 6.07) is 4.53. The number of methoxy groups -OCH3 is 1. The number of carbonyl (C=O) groups excluding carboxylic acids is 1. The van der Waals surface area contributed by atoms with Gasteiger partial charge < -0.3 is 15.4 Å².